The number of ether oxygens (including phenoxy) is 2. The summed E-state index contributed by atoms with van der Waals surface area (Å²) in [7, 11) is 1.59. The minimum Gasteiger partial charge on any atom is -0.497 e. The van der Waals surface area contributed by atoms with Gasteiger partial charge in [-0.15, -0.1) is 0 Å². The average molecular weight is 487 g/mol. The second kappa shape index (κ2) is 10.8. The molecule has 1 heterocycles. The predicted molar refractivity (Wildman–Crippen MR) is 123 cm³/mol. The molecule has 7 nitrogen and oxygen atoms in total. The van der Waals surface area contributed by atoms with Crippen LogP contribution in [0.4, 0.5) is 8.78 Å². The molecule has 4 rings (SSSR count). The lowest BCUT2D eigenvalue weighted by molar-refractivity contribution is -0.157. The van der Waals surface area contributed by atoms with Crippen LogP contribution in [0.3, 0.4) is 0 Å². The lowest BCUT2D eigenvalue weighted by Crippen LogP contribution is -2.42. The Balaban J connectivity index is 1.26. The van der Waals surface area contributed by atoms with Crippen LogP contribution < -0.4 is 4.74 Å². The van der Waals surface area contributed by atoms with E-state index < -0.39 is 29.4 Å². The van der Waals surface area contributed by atoms with E-state index in [0.717, 1.165) is 36.3 Å². The highest BCUT2D eigenvalue weighted by molar-refractivity contribution is 5.94. The zero-order valence-electron chi connectivity index (χ0n) is 19.5. The van der Waals surface area contributed by atoms with Gasteiger partial charge in [0, 0.05) is 31.7 Å². The quantitative estimate of drug-likeness (QED) is 0.534. The zero-order valence-corrected chi connectivity index (χ0v) is 19.5. The summed E-state index contributed by atoms with van der Waals surface area (Å²) in [5.41, 5.74) is 0.766. The summed E-state index contributed by atoms with van der Waals surface area (Å²) >= 11 is 0. The van der Waals surface area contributed by atoms with Crippen LogP contribution in [-0.2, 0) is 20.9 Å². The van der Waals surface area contributed by atoms with Crippen molar-refractivity contribution in [3.63, 3.8) is 0 Å². The summed E-state index contributed by atoms with van der Waals surface area (Å²) < 4.78 is 37.5. The van der Waals surface area contributed by atoms with Crippen molar-refractivity contribution >= 4 is 17.8 Å². The van der Waals surface area contributed by atoms with Gasteiger partial charge in [-0.05, 0) is 55.5 Å². The summed E-state index contributed by atoms with van der Waals surface area (Å²) in [6.07, 6.45) is 2.55. The van der Waals surface area contributed by atoms with Crippen LogP contribution in [0.2, 0.25) is 0 Å². The van der Waals surface area contributed by atoms with Gasteiger partial charge >= 0.3 is 5.97 Å². The minimum atomic E-state index is -0.912. The van der Waals surface area contributed by atoms with Gasteiger partial charge in [-0.3, -0.25) is 14.4 Å². The van der Waals surface area contributed by atoms with Crippen molar-refractivity contribution in [3.8, 4) is 5.75 Å². The smallest absolute Gasteiger partial charge is 0.309 e. The number of piperidine rings is 1. The Hall–Kier alpha value is -3.49. The third kappa shape index (κ3) is 6.15. The molecule has 9 heteroatoms. The number of likely N-dealkylation sites (tertiary alicyclic amines) is 1. The molecule has 0 N–H and O–H groups in total. The lowest BCUT2D eigenvalue weighted by Gasteiger charge is -2.31. The van der Waals surface area contributed by atoms with Crippen molar-refractivity contribution in [2.24, 2.45) is 5.92 Å². The topological polar surface area (TPSA) is 76.2 Å². The van der Waals surface area contributed by atoms with Crippen molar-refractivity contribution < 1.29 is 32.6 Å². The van der Waals surface area contributed by atoms with E-state index in [1.54, 1.807) is 12.0 Å². The largest absolute Gasteiger partial charge is 0.497 e. The number of esters is 1. The third-order valence-corrected chi connectivity index (χ3v) is 6.43. The first-order valence-corrected chi connectivity index (χ1v) is 11.7. The van der Waals surface area contributed by atoms with Gasteiger partial charge in [0.25, 0.3) is 11.8 Å². The van der Waals surface area contributed by atoms with E-state index in [4.69, 9.17) is 9.47 Å². The fourth-order valence-corrected chi connectivity index (χ4v) is 4.22. The molecule has 2 aromatic carbocycles. The van der Waals surface area contributed by atoms with Crippen LogP contribution in [0.25, 0.3) is 0 Å². The van der Waals surface area contributed by atoms with E-state index in [-0.39, 0.29) is 37.2 Å². The van der Waals surface area contributed by atoms with Crippen LogP contribution >= 0.6 is 0 Å². The summed E-state index contributed by atoms with van der Waals surface area (Å²) in [6.45, 7) is 0.598. The molecule has 1 saturated heterocycles. The zero-order chi connectivity index (χ0) is 24.9. The summed E-state index contributed by atoms with van der Waals surface area (Å²) in [6, 6.07) is 10.5. The first-order chi connectivity index (χ1) is 16.9. The molecule has 0 unspecified atom stereocenters. The standard InChI is InChI=1S/C26H28F2N2O5/c1-34-21-7-2-17(3-8-21)15-30(20-5-6-20)24(31)16-35-26(33)18-10-12-29(13-11-18)25(32)22-9-4-19(27)14-23(22)28/h2-4,7-9,14,18,20H,5-6,10-13,15-16H2,1H3. The minimum absolute atomic E-state index is 0.157. The molecule has 2 aliphatic rings. The Bertz CT molecular complexity index is 1080. The summed E-state index contributed by atoms with van der Waals surface area (Å²) in [5, 5.41) is 0. The normalized spacial score (nSPS) is 16.0. The Labute approximate surface area is 202 Å². The Morgan fingerprint density at radius 3 is 2.29 bits per heavy atom. The number of nitrogens with zero attached hydrogens (tertiary/aromatic N) is 2. The average Bonchev–Trinajstić information content (AvgIpc) is 3.71. The van der Waals surface area contributed by atoms with Crippen molar-refractivity contribution in [1.82, 2.24) is 9.80 Å². The van der Waals surface area contributed by atoms with Crippen LogP contribution in [0, 0.1) is 17.6 Å². The van der Waals surface area contributed by atoms with Gasteiger partial charge in [-0.25, -0.2) is 8.78 Å². The van der Waals surface area contributed by atoms with Crippen molar-refractivity contribution in [2.75, 3.05) is 26.8 Å². The molecule has 1 saturated carbocycles. The van der Waals surface area contributed by atoms with E-state index in [0.29, 0.717) is 25.5 Å². The van der Waals surface area contributed by atoms with Gasteiger partial charge in [-0.1, -0.05) is 12.1 Å². The molecule has 0 aromatic heterocycles. The van der Waals surface area contributed by atoms with Gasteiger partial charge in [0.05, 0.1) is 18.6 Å². The van der Waals surface area contributed by atoms with Crippen LogP contribution in [-0.4, -0.2) is 60.4 Å². The number of rotatable bonds is 8. The number of amides is 2. The van der Waals surface area contributed by atoms with E-state index in [9.17, 15) is 23.2 Å². The van der Waals surface area contributed by atoms with Crippen LogP contribution in [0.1, 0.15) is 41.6 Å². The van der Waals surface area contributed by atoms with Crippen molar-refractivity contribution in [2.45, 2.75) is 38.3 Å². The van der Waals surface area contributed by atoms with Crippen molar-refractivity contribution in [3.05, 3.63) is 65.2 Å². The molecule has 0 radical (unpaired) electrons. The number of carbonyl (C=O) groups excluding carboxylic acids is 3. The SMILES string of the molecule is COc1ccc(CN(C(=O)COC(=O)C2CCN(C(=O)c3ccc(F)cc3F)CC2)C2CC2)cc1. The molecule has 0 spiro atoms. The second-order valence-electron chi connectivity index (χ2n) is 8.90. The number of methoxy groups -OCH3 is 1. The molecule has 2 fully saturated rings. The molecular formula is C26H28F2N2O5. The van der Waals surface area contributed by atoms with E-state index in [1.807, 2.05) is 24.3 Å². The van der Waals surface area contributed by atoms with Gasteiger partial charge in [0.15, 0.2) is 6.61 Å². The molecule has 1 aliphatic carbocycles. The maximum Gasteiger partial charge on any atom is 0.309 e. The highest BCUT2D eigenvalue weighted by Crippen LogP contribution is 2.29. The molecule has 35 heavy (non-hydrogen) atoms. The summed E-state index contributed by atoms with van der Waals surface area (Å²) in [4.78, 5) is 41.1. The predicted octanol–water partition coefficient (Wildman–Crippen LogP) is 3.56. The Morgan fingerprint density at radius 1 is 1.00 bits per heavy atom. The fraction of sp³-hybridized carbons (Fsp3) is 0.423. The van der Waals surface area contributed by atoms with E-state index in [2.05, 4.69) is 0 Å². The second-order valence-corrected chi connectivity index (χ2v) is 8.90. The van der Waals surface area contributed by atoms with Crippen LogP contribution in [0.5, 0.6) is 5.75 Å². The molecule has 1 aliphatic heterocycles. The number of carbonyl (C=O) groups is 3. The first kappa shape index (κ1) is 24.6. The van der Waals surface area contributed by atoms with Crippen LogP contribution in [0.15, 0.2) is 42.5 Å². The number of halogens is 2. The van der Waals surface area contributed by atoms with Crippen molar-refractivity contribution in [1.29, 1.82) is 0 Å². The molecule has 186 valence electrons. The molecule has 0 bridgehead atoms. The Morgan fingerprint density at radius 2 is 1.69 bits per heavy atom. The highest BCUT2D eigenvalue weighted by Gasteiger charge is 2.34. The lowest BCUT2D eigenvalue weighted by atomic mass is 9.96. The number of benzene rings is 2. The van der Waals surface area contributed by atoms with E-state index in [1.165, 1.54) is 4.90 Å². The van der Waals surface area contributed by atoms with Gasteiger partial charge in [0.2, 0.25) is 0 Å². The molecule has 2 amide bonds. The number of hydrogen-bond donors (Lipinski definition) is 0. The van der Waals surface area contributed by atoms with E-state index >= 15 is 0 Å². The fourth-order valence-electron chi connectivity index (χ4n) is 4.22. The van der Waals surface area contributed by atoms with Gasteiger partial charge < -0.3 is 19.3 Å². The highest BCUT2D eigenvalue weighted by atomic mass is 19.1. The van der Waals surface area contributed by atoms with Gasteiger partial charge in [-0.2, -0.15) is 0 Å². The molecular weight excluding hydrogens is 458 g/mol. The maximum absolute atomic E-state index is 13.9. The first-order valence-electron chi connectivity index (χ1n) is 11.7. The summed E-state index contributed by atoms with van der Waals surface area (Å²) in [5.74, 6) is -2.62. The molecule has 0 atom stereocenters. The monoisotopic (exact) mass is 486 g/mol. The Kier molecular flexibility index (Phi) is 7.63. The number of hydrogen-bond acceptors (Lipinski definition) is 5. The van der Waals surface area contributed by atoms with Gasteiger partial charge in [0.1, 0.15) is 17.4 Å². The maximum atomic E-state index is 13.9. The molecule has 2 aromatic rings. The third-order valence-electron chi connectivity index (χ3n) is 6.43.